The summed E-state index contributed by atoms with van der Waals surface area (Å²) in [7, 11) is 0. The van der Waals surface area contributed by atoms with E-state index in [0.29, 0.717) is 5.56 Å². The van der Waals surface area contributed by atoms with Gasteiger partial charge < -0.3 is 16.8 Å². The van der Waals surface area contributed by atoms with Crippen molar-refractivity contribution in [2.75, 3.05) is 5.32 Å². The van der Waals surface area contributed by atoms with Gasteiger partial charge >= 0.3 is 0 Å². The van der Waals surface area contributed by atoms with E-state index in [1.54, 1.807) is 30.3 Å². The highest BCUT2D eigenvalue weighted by atomic mass is 19.1. The van der Waals surface area contributed by atoms with Crippen LogP contribution in [0.5, 0.6) is 0 Å². The van der Waals surface area contributed by atoms with Crippen molar-refractivity contribution in [2.24, 2.45) is 11.5 Å². The van der Waals surface area contributed by atoms with Crippen molar-refractivity contribution in [1.29, 1.82) is 0 Å². The number of amides is 1. The maximum absolute atomic E-state index is 13.9. The first-order chi connectivity index (χ1) is 10.0. The van der Waals surface area contributed by atoms with Gasteiger partial charge in [-0.25, -0.2) is 4.39 Å². The van der Waals surface area contributed by atoms with Gasteiger partial charge in [-0.05, 0) is 12.1 Å². The molecule has 2 rings (SSSR count). The Labute approximate surface area is 120 Å². The lowest BCUT2D eigenvalue weighted by atomic mass is 10.0. The van der Waals surface area contributed by atoms with E-state index in [1.807, 2.05) is 0 Å². The zero-order chi connectivity index (χ0) is 15.4. The maximum atomic E-state index is 13.9. The summed E-state index contributed by atoms with van der Waals surface area (Å²) in [5.41, 5.74) is 10.7. The second-order valence-electron chi connectivity index (χ2n) is 4.37. The molecule has 6 heteroatoms. The van der Waals surface area contributed by atoms with E-state index < -0.39 is 23.7 Å². The second-order valence-corrected chi connectivity index (χ2v) is 4.37. The number of para-hydroxylation sites is 1. The lowest BCUT2D eigenvalue weighted by Gasteiger charge is -2.13. The average molecular weight is 287 g/mol. The van der Waals surface area contributed by atoms with Crippen molar-refractivity contribution >= 4 is 17.4 Å². The fourth-order valence-corrected chi connectivity index (χ4v) is 1.79. The van der Waals surface area contributed by atoms with Gasteiger partial charge in [0.1, 0.15) is 12.0 Å². The summed E-state index contributed by atoms with van der Waals surface area (Å²) in [6.45, 7) is 0. The van der Waals surface area contributed by atoms with E-state index in [2.05, 4.69) is 5.32 Å². The second kappa shape index (κ2) is 6.25. The Bertz CT molecular complexity index is 672. The zero-order valence-electron chi connectivity index (χ0n) is 11.0. The van der Waals surface area contributed by atoms with Crippen molar-refractivity contribution < 1.29 is 14.0 Å². The summed E-state index contributed by atoms with van der Waals surface area (Å²) < 4.78 is 13.9. The molecule has 5 nitrogen and oxygen atoms in total. The molecule has 0 heterocycles. The molecule has 0 aromatic heterocycles. The number of rotatable bonds is 4. The SMILES string of the molecule is NC(N)C(=O)Nc1c(F)cccc1C(=O)c1ccccc1. The summed E-state index contributed by atoms with van der Waals surface area (Å²) in [6, 6.07) is 12.3. The van der Waals surface area contributed by atoms with Crippen LogP contribution >= 0.6 is 0 Å². The quantitative estimate of drug-likeness (QED) is 0.582. The van der Waals surface area contributed by atoms with Crippen LogP contribution in [0.2, 0.25) is 0 Å². The topological polar surface area (TPSA) is 98.2 Å². The molecular formula is C15H14FN3O2. The lowest BCUT2D eigenvalue weighted by molar-refractivity contribution is -0.117. The number of benzene rings is 2. The molecule has 108 valence electrons. The van der Waals surface area contributed by atoms with Crippen molar-refractivity contribution in [2.45, 2.75) is 6.17 Å². The molecule has 0 aliphatic heterocycles. The van der Waals surface area contributed by atoms with Crippen LogP contribution in [0.4, 0.5) is 10.1 Å². The molecule has 0 saturated heterocycles. The molecule has 0 radical (unpaired) electrons. The number of hydrogen-bond acceptors (Lipinski definition) is 4. The van der Waals surface area contributed by atoms with Gasteiger partial charge in [0.2, 0.25) is 0 Å². The molecule has 5 N–H and O–H groups in total. The van der Waals surface area contributed by atoms with E-state index in [4.69, 9.17) is 11.5 Å². The Balaban J connectivity index is 2.42. The Morgan fingerprint density at radius 3 is 2.29 bits per heavy atom. The number of anilines is 1. The van der Waals surface area contributed by atoms with Gasteiger partial charge in [0.25, 0.3) is 5.91 Å². The van der Waals surface area contributed by atoms with Crippen LogP contribution in [0.3, 0.4) is 0 Å². The predicted molar refractivity (Wildman–Crippen MR) is 77.1 cm³/mol. The molecule has 0 unspecified atom stereocenters. The summed E-state index contributed by atoms with van der Waals surface area (Å²) in [4.78, 5) is 23.9. The summed E-state index contributed by atoms with van der Waals surface area (Å²) in [5, 5.41) is 2.24. The first kappa shape index (κ1) is 14.8. The highest BCUT2D eigenvalue weighted by Crippen LogP contribution is 2.23. The van der Waals surface area contributed by atoms with Crippen LogP contribution < -0.4 is 16.8 Å². The Kier molecular flexibility index (Phi) is 4.42. The number of carbonyl (C=O) groups is 2. The molecule has 0 bridgehead atoms. The van der Waals surface area contributed by atoms with Crippen LogP contribution in [0.1, 0.15) is 15.9 Å². The van der Waals surface area contributed by atoms with Crippen molar-refractivity contribution in [1.82, 2.24) is 0 Å². The predicted octanol–water partition coefficient (Wildman–Crippen LogP) is 1.24. The van der Waals surface area contributed by atoms with Crippen molar-refractivity contribution in [3.8, 4) is 0 Å². The third kappa shape index (κ3) is 3.31. The van der Waals surface area contributed by atoms with Crippen LogP contribution in [0.15, 0.2) is 48.5 Å². The maximum Gasteiger partial charge on any atom is 0.255 e. The van der Waals surface area contributed by atoms with E-state index in [1.165, 1.54) is 12.1 Å². The summed E-state index contributed by atoms with van der Waals surface area (Å²) in [5.74, 6) is -1.91. The van der Waals surface area contributed by atoms with Gasteiger partial charge in [-0.3, -0.25) is 9.59 Å². The summed E-state index contributed by atoms with van der Waals surface area (Å²) in [6.07, 6.45) is -1.30. The van der Waals surface area contributed by atoms with Gasteiger partial charge in [0.05, 0.1) is 5.69 Å². The third-order valence-electron chi connectivity index (χ3n) is 2.85. The minimum Gasteiger partial charge on any atom is -0.320 e. The first-order valence-corrected chi connectivity index (χ1v) is 6.21. The van der Waals surface area contributed by atoms with E-state index in [-0.39, 0.29) is 11.3 Å². The minimum absolute atomic E-state index is 0.0372. The zero-order valence-corrected chi connectivity index (χ0v) is 11.0. The number of nitrogens with two attached hydrogens (primary N) is 2. The number of nitrogens with one attached hydrogen (secondary N) is 1. The Morgan fingerprint density at radius 2 is 1.67 bits per heavy atom. The molecule has 0 saturated carbocycles. The first-order valence-electron chi connectivity index (χ1n) is 6.21. The van der Waals surface area contributed by atoms with Gasteiger partial charge in [-0.1, -0.05) is 36.4 Å². The molecule has 0 aliphatic rings. The van der Waals surface area contributed by atoms with Gasteiger partial charge in [0, 0.05) is 11.1 Å². The molecule has 0 fully saturated rings. The normalized spacial score (nSPS) is 10.5. The van der Waals surface area contributed by atoms with Crippen LogP contribution in [0, 0.1) is 5.82 Å². The van der Waals surface area contributed by atoms with Crippen molar-refractivity contribution in [3.05, 3.63) is 65.5 Å². The molecule has 1 amide bonds. The van der Waals surface area contributed by atoms with E-state index >= 15 is 0 Å². The molecule has 0 atom stereocenters. The average Bonchev–Trinajstić information content (AvgIpc) is 2.49. The number of halogens is 1. The van der Waals surface area contributed by atoms with Crippen LogP contribution in [-0.2, 0) is 4.79 Å². The smallest absolute Gasteiger partial charge is 0.255 e. The highest BCUT2D eigenvalue weighted by Gasteiger charge is 2.19. The Morgan fingerprint density at radius 1 is 1.00 bits per heavy atom. The van der Waals surface area contributed by atoms with E-state index in [0.717, 1.165) is 6.07 Å². The van der Waals surface area contributed by atoms with Gasteiger partial charge in [-0.2, -0.15) is 0 Å². The van der Waals surface area contributed by atoms with Crippen molar-refractivity contribution in [3.63, 3.8) is 0 Å². The van der Waals surface area contributed by atoms with Gasteiger partial charge in [0.15, 0.2) is 5.78 Å². The van der Waals surface area contributed by atoms with Gasteiger partial charge in [-0.15, -0.1) is 0 Å². The summed E-state index contributed by atoms with van der Waals surface area (Å²) >= 11 is 0. The fourth-order valence-electron chi connectivity index (χ4n) is 1.79. The number of hydrogen-bond donors (Lipinski definition) is 3. The molecular weight excluding hydrogens is 273 g/mol. The fraction of sp³-hybridized carbons (Fsp3) is 0.0667. The molecule has 21 heavy (non-hydrogen) atoms. The third-order valence-corrected chi connectivity index (χ3v) is 2.85. The molecule has 2 aromatic rings. The van der Waals surface area contributed by atoms with E-state index in [9.17, 15) is 14.0 Å². The molecule has 0 spiro atoms. The minimum atomic E-state index is -1.30. The van der Waals surface area contributed by atoms with Crippen LogP contribution in [0.25, 0.3) is 0 Å². The number of ketones is 1. The highest BCUT2D eigenvalue weighted by molar-refractivity contribution is 6.14. The lowest BCUT2D eigenvalue weighted by Crippen LogP contribution is -2.43. The largest absolute Gasteiger partial charge is 0.320 e. The van der Waals surface area contributed by atoms with Crippen LogP contribution in [-0.4, -0.2) is 17.9 Å². The molecule has 0 aliphatic carbocycles. The molecule has 2 aromatic carbocycles. The number of carbonyl (C=O) groups excluding carboxylic acids is 2. The Hall–Kier alpha value is -2.57. The standard InChI is InChI=1S/C15H14FN3O2/c16-11-8-4-7-10(12(11)19-15(21)14(17)18)13(20)9-5-2-1-3-6-9/h1-8,14H,17-18H2,(H,19,21). The monoisotopic (exact) mass is 287 g/mol.